The Morgan fingerprint density at radius 2 is 1.45 bits per heavy atom. The third-order valence-corrected chi connectivity index (χ3v) is 4.84. The fourth-order valence-corrected chi connectivity index (χ4v) is 3.25. The molecule has 0 radical (unpaired) electrons. The molecule has 1 aliphatic rings. The lowest BCUT2D eigenvalue weighted by molar-refractivity contribution is -0.138. The molecule has 0 unspecified atom stereocenters. The molecule has 0 atom stereocenters. The monoisotopic (exact) mass is 396 g/mol. The number of aliphatic hydroxyl groups is 1. The summed E-state index contributed by atoms with van der Waals surface area (Å²) in [6, 6.07) is 14.2. The van der Waals surface area contributed by atoms with E-state index in [1.807, 2.05) is 12.1 Å². The third-order valence-electron chi connectivity index (χ3n) is 4.84. The van der Waals surface area contributed by atoms with Gasteiger partial charge in [0.25, 0.3) is 11.8 Å². The van der Waals surface area contributed by atoms with Gasteiger partial charge in [-0.3, -0.25) is 14.5 Å². The minimum Gasteiger partial charge on any atom is -0.497 e. The van der Waals surface area contributed by atoms with Crippen LogP contribution in [0.5, 0.6) is 11.5 Å². The maximum absolute atomic E-state index is 13.2. The number of ether oxygens (including phenoxy) is 2. The highest BCUT2D eigenvalue weighted by Crippen LogP contribution is 2.33. The molecule has 0 saturated carbocycles. The number of benzene rings is 2. The van der Waals surface area contributed by atoms with Crippen LogP contribution in [0.25, 0.3) is 5.57 Å². The number of imide groups is 1. The number of carbonyl (C=O) groups is 2. The highest BCUT2D eigenvalue weighted by atomic mass is 16.5. The zero-order chi connectivity index (χ0) is 21.0. The number of amides is 2. The molecule has 7 heteroatoms. The Kier molecular flexibility index (Phi) is 6.19. The van der Waals surface area contributed by atoms with Crippen LogP contribution in [0.15, 0.2) is 54.2 Å². The van der Waals surface area contributed by atoms with Crippen LogP contribution in [0.2, 0.25) is 0 Å². The van der Waals surface area contributed by atoms with Crippen LogP contribution >= 0.6 is 0 Å². The van der Waals surface area contributed by atoms with Gasteiger partial charge in [0.05, 0.1) is 32.9 Å². The highest BCUT2D eigenvalue weighted by Gasteiger charge is 2.40. The first-order valence-corrected chi connectivity index (χ1v) is 9.20. The number of rotatable bonds is 8. The summed E-state index contributed by atoms with van der Waals surface area (Å²) in [4.78, 5) is 29.2. The van der Waals surface area contributed by atoms with Crippen molar-refractivity contribution in [3.8, 4) is 11.5 Å². The van der Waals surface area contributed by atoms with E-state index in [0.717, 1.165) is 5.56 Å². The zero-order valence-electron chi connectivity index (χ0n) is 16.7. The van der Waals surface area contributed by atoms with Crippen molar-refractivity contribution >= 4 is 17.4 Å². The summed E-state index contributed by atoms with van der Waals surface area (Å²) in [5.74, 6) is 0.614. The molecule has 0 fully saturated rings. The lowest BCUT2D eigenvalue weighted by Crippen LogP contribution is -2.34. The molecular weight excluding hydrogens is 372 g/mol. The number of methoxy groups -OCH3 is 2. The quantitative estimate of drug-likeness (QED) is 0.687. The molecule has 7 nitrogen and oxygen atoms in total. The van der Waals surface area contributed by atoms with Gasteiger partial charge < -0.3 is 19.5 Å². The van der Waals surface area contributed by atoms with Crippen LogP contribution in [0.3, 0.4) is 0 Å². The van der Waals surface area contributed by atoms with Crippen LogP contribution in [0, 0.1) is 0 Å². The van der Waals surface area contributed by atoms with Crippen LogP contribution < -0.4 is 9.47 Å². The van der Waals surface area contributed by atoms with Gasteiger partial charge in [-0.2, -0.15) is 0 Å². The molecule has 1 heterocycles. The van der Waals surface area contributed by atoms with Gasteiger partial charge in [0.15, 0.2) is 0 Å². The smallest absolute Gasteiger partial charge is 0.278 e. The van der Waals surface area contributed by atoms with Gasteiger partial charge >= 0.3 is 0 Å². The second-order valence-corrected chi connectivity index (χ2v) is 6.64. The molecule has 2 aromatic rings. The number of carbonyl (C=O) groups excluding carboxylic acids is 2. The Hall–Kier alpha value is -3.32. The maximum atomic E-state index is 13.2. The number of aliphatic hydroxyl groups excluding tert-OH is 1. The van der Waals surface area contributed by atoms with Crippen molar-refractivity contribution < 1.29 is 24.2 Å². The second-order valence-electron chi connectivity index (χ2n) is 6.64. The van der Waals surface area contributed by atoms with Crippen molar-refractivity contribution in [3.63, 3.8) is 0 Å². The van der Waals surface area contributed by atoms with Crippen molar-refractivity contribution in [1.82, 2.24) is 9.80 Å². The number of likely N-dealkylation sites (N-methyl/N-ethyl adjacent to an activating group) is 1. The second kappa shape index (κ2) is 8.79. The first-order chi connectivity index (χ1) is 14.0. The molecule has 0 aromatic heterocycles. The predicted molar refractivity (Wildman–Crippen MR) is 108 cm³/mol. The topological polar surface area (TPSA) is 79.3 Å². The van der Waals surface area contributed by atoms with Crippen molar-refractivity contribution in [2.75, 3.05) is 34.4 Å². The maximum Gasteiger partial charge on any atom is 0.278 e. The molecule has 0 bridgehead atoms. The Morgan fingerprint density at radius 3 is 1.97 bits per heavy atom. The molecule has 2 aromatic carbocycles. The summed E-state index contributed by atoms with van der Waals surface area (Å²) in [5.41, 5.74) is 2.04. The summed E-state index contributed by atoms with van der Waals surface area (Å²) in [6.45, 7) is 0.262. The van der Waals surface area contributed by atoms with Crippen molar-refractivity contribution in [3.05, 3.63) is 65.4 Å². The molecule has 152 valence electrons. The minimum atomic E-state index is -0.382. The third kappa shape index (κ3) is 4.09. The minimum absolute atomic E-state index is 0.129. The van der Waals surface area contributed by atoms with Gasteiger partial charge in [-0.25, -0.2) is 0 Å². The van der Waals surface area contributed by atoms with Gasteiger partial charge in [0.1, 0.15) is 17.2 Å². The van der Waals surface area contributed by atoms with Crippen LogP contribution in [0.1, 0.15) is 11.1 Å². The number of hydrogen-bond acceptors (Lipinski definition) is 6. The standard InChI is InChI=1S/C22H24N2O5/c1-23(12-13-25)20-19(16-6-10-18(29-3)11-7-16)21(26)24(22(20)27)14-15-4-8-17(28-2)9-5-15/h4-11,25H,12-14H2,1-3H3. The van der Waals surface area contributed by atoms with E-state index in [1.54, 1.807) is 62.6 Å². The fraction of sp³-hybridized carbons (Fsp3) is 0.273. The Labute approximate surface area is 169 Å². The van der Waals surface area contributed by atoms with Crippen molar-refractivity contribution in [2.24, 2.45) is 0 Å². The average Bonchev–Trinajstić information content (AvgIpc) is 2.99. The van der Waals surface area contributed by atoms with E-state index >= 15 is 0 Å². The normalized spacial score (nSPS) is 13.9. The van der Waals surface area contributed by atoms with Crippen LogP contribution in [-0.4, -0.2) is 61.1 Å². The first kappa shape index (κ1) is 20.4. The fourth-order valence-electron chi connectivity index (χ4n) is 3.25. The number of hydrogen-bond donors (Lipinski definition) is 1. The summed E-state index contributed by atoms with van der Waals surface area (Å²) < 4.78 is 10.3. The van der Waals surface area contributed by atoms with E-state index in [9.17, 15) is 14.7 Å². The molecular formula is C22H24N2O5. The molecule has 2 amide bonds. The zero-order valence-corrected chi connectivity index (χ0v) is 16.7. The summed E-state index contributed by atoms with van der Waals surface area (Å²) in [7, 11) is 4.84. The predicted octanol–water partition coefficient (Wildman–Crippen LogP) is 1.91. The van der Waals surface area contributed by atoms with E-state index in [-0.39, 0.29) is 37.2 Å². The van der Waals surface area contributed by atoms with Gasteiger partial charge in [0.2, 0.25) is 0 Å². The average molecular weight is 396 g/mol. The molecule has 0 aliphatic carbocycles. The van der Waals surface area contributed by atoms with E-state index in [1.165, 1.54) is 4.90 Å². The van der Waals surface area contributed by atoms with Crippen molar-refractivity contribution in [2.45, 2.75) is 6.54 Å². The Morgan fingerprint density at radius 1 is 0.897 bits per heavy atom. The Balaban J connectivity index is 1.96. The van der Waals surface area contributed by atoms with E-state index in [0.29, 0.717) is 22.6 Å². The Bertz CT molecular complexity index is 919. The van der Waals surface area contributed by atoms with Gasteiger partial charge in [0, 0.05) is 13.6 Å². The highest BCUT2D eigenvalue weighted by molar-refractivity contribution is 6.35. The molecule has 0 saturated heterocycles. The first-order valence-electron chi connectivity index (χ1n) is 9.20. The van der Waals surface area contributed by atoms with Crippen molar-refractivity contribution in [1.29, 1.82) is 0 Å². The van der Waals surface area contributed by atoms with Crippen LogP contribution in [-0.2, 0) is 16.1 Å². The lowest BCUT2D eigenvalue weighted by atomic mass is 10.0. The van der Waals surface area contributed by atoms with E-state index in [4.69, 9.17) is 9.47 Å². The van der Waals surface area contributed by atoms with E-state index < -0.39 is 0 Å². The van der Waals surface area contributed by atoms with Gasteiger partial charge in [-0.1, -0.05) is 24.3 Å². The molecule has 0 spiro atoms. The molecule has 29 heavy (non-hydrogen) atoms. The van der Waals surface area contributed by atoms with Gasteiger partial charge in [-0.05, 0) is 35.4 Å². The largest absolute Gasteiger partial charge is 0.497 e. The van der Waals surface area contributed by atoms with E-state index in [2.05, 4.69) is 0 Å². The molecule has 3 rings (SSSR count). The number of nitrogens with zero attached hydrogens (tertiary/aromatic N) is 2. The SMILES string of the molecule is COc1ccc(CN2C(=O)C(c3ccc(OC)cc3)=C(N(C)CCO)C2=O)cc1. The molecule has 1 aliphatic heterocycles. The summed E-state index contributed by atoms with van der Waals surface area (Å²) in [5, 5.41) is 9.32. The molecule has 1 N–H and O–H groups in total. The lowest BCUT2D eigenvalue weighted by Gasteiger charge is -2.20. The summed E-state index contributed by atoms with van der Waals surface area (Å²) in [6.07, 6.45) is 0. The summed E-state index contributed by atoms with van der Waals surface area (Å²) >= 11 is 0. The van der Waals surface area contributed by atoms with Gasteiger partial charge in [-0.15, -0.1) is 0 Å². The van der Waals surface area contributed by atoms with Crippen LogP contribution in [0.4, 0.5) is 0 Å².